The fourth-order valence-electron chi connectivity index (χ4n) is 1.43. The van der Waals surface area contributed by atoms with Gasteiger partial charge in [-0.1, -0.05) is 17.7 Å². The molecule has 0 spiro atoms. The number of carbonyl (C=O) groups is 1. The van der Waals surface area contributed by atoms with Crippen LogP contribution in [-0.2, 0) is 4.79 Å². The molecule has 21 heavy (non-hydrogen) atoms. The van der Waals surface area contributed by atoms with E-state index in [4.69, 9.17) is 23.8 Å². The third-order valence-corrected chi connectivity index (χ3v) is 3.69. The predicted molar refractivity (Wildman–Crippen MR) is 89.1 cm³/mol. The monoisotopic (exact) mass is 340 g/mol. The largest absolute Gasteiger partial charge is 0.332 e. The van der Waals surface area contributed by atoms with Crippen molar-refractivity contribution < 1.29 is 9.18 Å². The molecule has 0 unspecified atom stereocenters. The van der Waals surface area contributed by atoms with Crippen LogP contribution in [0.3, 0.4) is 0 Å². The second kappa shape index (κ2) is 7.31. The number of amides is 1. The summed E-state index contributed by atoms with van der Waals surface area (Å²) in [4.78, 5) is 12.6. The number of thiophene rings is 1. The van der Waals surface area contributed by atoms with E-state index in [1.54, 1.807) is 6.08 Å². The van der Waals surface area contributed by atoms with Crippen molar-refractivity contribution in [2.75, 3.05) is 5.32 Å². The van der Waals surface area contributed by atoms with Crippen molar-refractivity contribution in [3.63, 3.8) is 0 Å². The third-order valence-electron chi connectivity index (χ3n) is 2.36. The lowest BCUT2D eigenvalue weighted by Crippen LogP contribution is -2.32. The molecule has 0 aliphatic carbocycles. The summed E-state index contributed by atoms with van der Waals surface area (Å²) < 4.78 is 13.0. The van der Waals surface area contributed by atoms with Crippen LogP contribution in [0, 0.1) is 5.82 Å². The van der Waals surface area contributed by atoms with Gasteiger partial charge in [0.1, 0.15) is 5.82 Å². The summed E-state index contributed by atoms with van der Waals surface area (Å²) in [6, 6.07) is 7.86. The third kappa shape index (κ3) is 4.93. The normalized spacial score (nSPS) is 10.6. The Balaban J connectivity index is 1.89. The van der Waals surface area contributed by atoms with E-state index in [1.807, 2.05) is 17.5 Å². The first kappa shape index (κ1) is 15.6. The van der Waals surface area contributed by atoms with Gasteiger partial charge in [-0.25, -0.2) is 4.39 Å². The molecule has 0 atom stereocenters. The van der Waals surface area contributed by atoms with Gasteiger partial charge in [0, 0.05) is 16.6 Å². The van der Waals surface area contributed by atoms with E-state index in [-0.39, 0.29) is 16.0 Å². The molecule has 1 aromatic carbocycles. The van der Waals surface area contributed by atoms with Crippen LogP contribution < -0.4 is 10.6 Å². The number of rotatable bonds is 3. The molecule has 0 saturated heterocycles. The first-order valence-electron chi connectivity index (χ1n) is 5.83. The van der Waals surface area contributed by atoms with E-state index >= 15 is 0 Å². The van der Waals surface area contributed by atoms with Crippen molar-refractivity contribution in [1.29, 1.82) is 0 Å². The molecule has 0 radical (unpaired) electrons. The Hall–Kier alpha value is -1.76. The van der Waals surface area contributed by atoms with Crippen LogP contribution in [0.2, 0.25) is 5.02 Å². The molecular formula is C14H10ClFN2OS2. The topological polar surface area (TPSA) is 41.1 Å². The van der Waals surface area contributed by atoms with E-state index in [1.165, 1.54) is 35.6 Å². The van der Waals surface area contributed by atoms with Gasteiger partial charge in [0.05, 0.1) is 5.02 Å². The molecule has 1 aromatic heterocycles. The number of benzene rings is 1. The summed E-state index contributed by atoms with van der Waals surface area (Å²) in [5.74, 6) is -0.870. The van der Waals surface area contributed by atoms with Gasteiger partial charge in [0.2, 0.25) is 5.91 Å². The van der Waals surface area contributed by atoms with Gasteiger partial charge >= 0.3 is 0 Å². The number of nitrogens with one attached hydrogen (secondary N) is 2. The smallest absolute Gasteiger partial charge is 0.250 e. The Bertz CT molecular complexity index is 686. The maximum atomic E-state index is 13.0. The van der Waals surface area contributed by atoms with E-state index in [2.05, 4.69) is 10.6 Å². The zero-order valence-corrected chi connectivity index (χ0v) is 13.0. The molecule has 2 rings (SSSR count). The molecule has 0 saturated carbocycles. The maximum absolute atomic E-state index is 13.0. The van der Waals surface area contributed by atoms with E-state index < -0.39 is 5.82 Å². The van der Waals surface area contributed by atoms with Crippen LogP contribution in [0.15, 0.2) is 41.8 Å². The first-order valence-corrected chi connectivity index (χ1v) is 7.50. The molecule has 7 heteroatoms. The van der Waals surface area contributed by atoms with Gasteiger partial charge in [-0.05, 0) is 47.9 Å². The molecule has 0 aliphatic rings. The molecule has 0 aliphatic heterocycles. The van der Waals surface area contributed by atoms with E-state index in [0.29, 0.717) is 5.69 Å². The fraction of sp³-hybridized carbons (Fsp3) is 0. The summed E-state index contributed by atoms with van der Waals surface area (Å²) in [6.45, 7) is 0. The Kier molecular flexibility index (Phi) is 5.44. The van der Waals surface area contributed by atoms with Crippen LogP contribution >= 0.6 is 35.2 Å². The minimum Gasteiger partial charge on any atom is -0.332 e. The minimum atomic E-state index is -0.518. The second-order valence-electron chi connectivity index (χ2n) is 3.92. The number of halogens is 2. The molecule has 2 N–H and O–H groups in total. The summed E-state index contributed by atoms with van der Waals surface area (Å²) >= 11 is 12.2. The van der Waals surface area contributed by atoms with Crippen molar-refractivity contribution in [1.82, 2.24) is 5.32 Å². The predicted octanol–water partition coefficient (Wildman–Crippen LogP) is 4.07. The minimum absolute atomic E-state index is 0.0216. The lowest BCUT2D eigenvalue weighted by molar-refractivity contribution is -0.115. The number of hydrogen-bond acceptors (Lipinski definition) is 3. The Labute approximate surface area is 135 Å². The van der Waals surface area contributed by atoms with Gasteiger partial charge in [0.15, 0.2) is 5.11 Å². The average molecular weight is 341 g/mol. The highest BCUT2D eigenvalue weighted by molar-refractivity contribution is 7.80. The highest BCUT2D eigenvalue weighted by Crippen LogP contribution is 2.19. The quantitative estimate of drug-likeness (QED) is 0.653. The lowest BCUT2D eigenvalue weighted by atomic mass is 10.3. The Morgan fingerprint density at radius 3 is 2.86 bits per heavy atom. The molecule has 1 amide bonds. The van der Waals surface area contributed by atoms with Gasteiger partial charge in [-0.15, -0.1) is 11.3 Å². The van der Waals surface area contributed by atoms with Gasteiger partial charge < -0.3 is 5.32 Å². The van der Waals surface area contributed by atoms with Crippen molar-refractivity contribution >= 4 is 57.9 Å². The van der Waals surface area contributed by atoms with E-state index in [0.717, 1.165) is 4.88 Å². The standard InChI is InChI=1S/C14H10ClFN2OS2/c15-11-8-9(3-5-12(11)16)17-14(20)18-13(19)6-4-10-2-1-7-21-10/h1-8H,(H2,17,18,19,20). The van der Waals surface area contributed by atoms with Gasteiger partial charge in [-0.2, -0.15) is 0 Å². The van der Waals surface area contributed by atoms with Crippen molar-refractivity contribution in [3.8, 4) is 0 Å². The SMILES string of the molecule is O=C(C=Cc1cccs1)NC(=S)Nc1ccc(F)c(Cl)c1. The number of carbonyl (C=O) groups excluding carboxylic acids is 1. The van der Waals surface area contributed by atoms with E-state index in [9.17, 15) is 9.18 Å². The zero-order valence-electron chi connectivity index (χ0n) is 10.6. The van der Waals surface area contributed by atoms with Crippen molar-refractivity contribution in [2.24, 2.45) is 0 Å². The molecule has 2 aromatic rings. The molecule has 1 heterocycles. The van der Waals surface area contributed by atoms with Crippen LogP contribution in [0.5, 0.6) is 0 Å². The van der Waals surface area contributed by atoms with Gasteiger partial charge in [0.25, 0.3) is 0 Å². The molecule has 108 valence electrons. The number of anilines is 1. The summed E-state index contributed by atoms with van der Waals surface area (Å²) in [6.07, 6.45) is 3.08. The average Bonchev–Trinajstić information content (AvgIpc) is 2.94. The second-order valence-corrected chi connectivity index (χ2v) is 5.72. The van der Waals surface area contributed by atoms with Crippen molar-refractivity contribution in [3.05, 3.63) is 57.5 Å². The van der Waals surface area contributed by atoms with Crippen LogP contribution in [0.4, 0.5) is 10.1 Å². The maximum Gasteiger partial charge on any atom is 0.250 e. The molecule has 3 nitrogen and oxygen atoms in total. The number of hydrogen-bond donors (Lipinski definition) is 2. The molecule has 0 fully saturated rings. The molecule has 0 bridgehead atoms. The summed E-state index contributed by atoms with van der Waals surface area (Å²) in [5, 5.41) is 7.25. The lowest BCUT2D eigenvalue weighted by Gasteiger charge is -2.08. The molecular weight excluding hydrogens is 331 g/mol. The fourth-order valence-corrected chi connectivity index (χ4v) is 2.45. The number of thiocarbonyl (C=S) groups is 1. The summed E-state index contributed by atoms with van der Waals surface area (Å²) in [5.41, 5.74) is 0.494. The van der Waals surface area contributed by atoms with Crippen LogP contribution in [-0.4, -0.2) is 11.0 Å². The van der Waals surface area contributed by atoms with Crippen molar-refractivity contribution in [2.45, 2.75) is 0 Å². The zero-order chi connectivity index (χ0) is 15.2. The highest BCUT2D eigenvalue weighted by atomic mass is 35.5. The van der Waals surface area contributed by atoms with Gasteiger partial charge in [-0.3, -0.25) is 10.1 Å². The highest BCUT2D eigenvalue weighted by Gasteiger charge is 2.04. The Morgan fingerprint density at radius 2 is 2.19 bits per heavy atom. The summed E-state index contributed by atoms with van der Waals surface area (Å²) in [7, 11) is 0. The van der Waals surface area contributed by atoms with Crippen LogP contribution in [0.25, 0.3) is 6.08 Å². The first-order chi connectivity index (χ1) is 10.0. The Morgan fingerprint density at radius 1 is 1.38 bits per heavy atom. The van der Waals surface area contributed by atoms with Crippen LogP contribution in [0.1, 0.15) is 4.88 Å².